The van der Waals surface area contributed by atoms with Crippen molar-refractivity contribution in [3.63, 3.8) is 0 Å². The van der Waals surface area contributed by atoms with Crippen LogP contribution in [0.1, 0.15) is 11.3 Å². The molecule has 0 atom stereocenters. The van der Waals surface area contributed by atoms with Gasteiger partial charge in [-0.25, -0.2) is 4.39 Å². The summed E-state index contributed by atoms with van der Waals surface area (Å²) < 4.78 is 15.3. The third-order valence-corrected chi connectivity index (χ3v) is 2.94. The molecule has 0 saturated carbocycles. The van der Waals surface area contributed by atoms with Gasteiger partial charge in [0.2, 0.25) is 0 Å². The van der Waals surface area contributed by atoms with Gasteiger partial charge in [-0.3, -0.25) is 4.68 Å². The van der Waals surface area contributed by atoms with Crippen molar-refractivity contribution in [2.24, 2.45) is 4.99 Å². The average molecular weight is 282 g/mol. The number of benzene rings is 1. The fraction of sp³-hybridized carbons (Fsp3) is 0.167. The quantitative estimate of drug-likeness (QED) is 0.633. The molecule has 1 aromatic carbocycles. The van der Waals surface area contributed by atoms with E-state index >= 15 is 0 Å². The van der Waals surface area contributed by atoms with Crippen molar-refractivity contribution in [1.82, 2.24) is 9.78 Å². The summed E-state index contributed by atoms with van der Waals surface area (Å²) in [5, 5.41) is 6.80. The van der Waals surface area contributed by atoms with Crippen molar-refractivity contribution in [3.05, 3.63) is 46.4 Å². The molecule has 2 rings (SSSR count). The van der Waals surface area contributed by atoms with E-state index in [9.17, 15) is 4.39 Å². The van der Waals surface area contributed by atoms with Crippen LogP contribution < -0.4 is 0 Å². The lowest BCUT2D eigenvalue weighted by Gasteiger charge is -2.07. The number of aromatic nitrogens is 2. The van der Waals surface area contributed by atoms with Crippen LogP contribution in [0.4, 0.5) is 10.2 Å². The number of thiocarbonyl (C=S) groups is 1. The minimum Gasteiger partial charge on any atom is -0.263 e. The number of rotatable bonds is 3. The van der Waals surface area contributed by atoms with E-state index in [4.69, 9.17) is 11.6 Å². The van der Waals surface area contributed by atoms with Gasteiger partial charge in [0.1, 0.15) is 5.82 Å². The molecular formula is C12H9ClFN3S. The van der Waals surface area contributed by atoms with E-state index < -0.39 is 0 Å². The highest BCUT2D eigenvalue weighted by atomic mass is 35.5. The van der Waals surface area contributed by atoms with Gasteiger partial charge in [0, 0.05) is 22.3 Å². The molecule has 18 heavy (non-hydrogen) atoms. The van der Waals surface area contributed by atoms with Crippen LogP contribution in [0.3, 0.4) is 0 Å². The Bertz CT molecular complexity index is 612. The van der Waals surface area contributed by atoms with E-state index in [1.807, 2.05) is 6.92 Å². The van der Waals surface area contributed by atoms with Crippen LogP contribution in [-0.4, -0.2) is 14.9 Å². The summed E-state index contributed by atoms with van der Waals surface area (Å²) in [6.45, 7) is 2.11. The summed E-state index contributed by atoms with van der Waals surface area (Å²) >= 11 is 10.5. The molecule has 0 radical (unpaired) electrons. The first-order valence-corrected chi connectivity index (χ1v) is 5.95. The van der Waals surface area contributed by atoms with Crippen molar-refractivity contribution in [1.29, 1.82) is 0 Å². The molecule has 3 nitrogen and oxygen atoms in total. The van der Waals surface area contributed by atoms with Gasteiger partial charge in [0.15, 0.2) is 5.82 Å². The zero-order chi connectivity index (χ0) is 13.1. The third-order valence-electron chi connectivity index (χ3n) is 2.50. The van der Waals surface area contributed by atoms with Crippen LogP contribution in [0.25, 0.3) is 0 Å². The minimum atomic E-state index is -0.350. The Morgan fingerprint density at radius 3 is 3.00 bits per heavy atom. The second-order valence-corrected chi connectivity index (χ2v) is 4.29. The first-order valence-electron chi connectivity index (χ1n) is 5.17. The van der Waals surface area contributed by atoms with Crippen LogP contribution in [0.2, 0.25) is 5.02 Å². The number of aliphatic imine (C=N–C) groups is 1. The molecule has 0 amide bonds. The fourth-order valence-corrected chi connectivity index (χ4v) is 1.90. The van der Waals surface area contributed by atoms with Crippen LogP contribution in [-0.2, 0) is 6.54 Å². The van der Waals surface area contributed by atoms with Gasteiger partial charge in [0.25, 0.3) is 0 Å². The highest BCUT2D eigenvalue weighted by Gasteiger charge is 2.10. The van der Waals surface area contributed by atoms with Crippen molar-refractivity contribution >= 4 is 34.8 Å². The van der Waals surface area contributed by atoms with Gasteiger partial charge < -0.3 is 0 Å². The number of hydrogen-bond donors (Lipinski definition) is 0. The van der Waals surface area contributed by atoms with Crippen molar-refractivity contribution in [3.8, 4) is 0 Å². The summed E-state index contributed by atoms with van der Waals surface area (Å²) in [7, 11) is 0. The molecule has 0 aliphatic heterocycles. The average Bonchev–Trinajstić information content (AvgIpc) is 2.65. The third kappa shape index (κ3) is 2.64. The molecule has 1 heterocycles. The van der Waals surface area contributed by atoms with Gasteiger partial charge in [-0.1, -0.05) is 17.7 Å². The zero-order valence-corrected chi connectivity index (χ0v) is 11.1. The highest BCUT2D eigenvalue weighted by Crippen LogP contribution is 2.21. The largest absolute Gasteiger partial charge is 0.263 e. The Hall–Kier alpha value is -1.55. The second kappa shape index (κ2) is 5.40. The topological polar surface area (TPSA) is 30.2 Å². The number of isothiocyanates is 1. The standard InChI is InChI=1S/C12H9ClFN3S/c1-8-5-12(15-7-18)16-17(8)6-9-10(13)3-2-4-11(9)14/h2-5H,6H2,1H3. The smallest absolute Gasteiger partial charge is 0.184 e. The monoisotopic (exact) mass is 281 g/mol. The Labute approximate surface area is 114 Å². The highest BCUT2D eigenvalue weighted by molar-refractivity contribution is 7.78. The van der Waals surface area contributed by atoms with E-state index in [1.165, 1.54) is 6.07 Å². The maximum atomic E-state index is 13.6. The van der Waals surface area contributed by atoms with Crippen molar-refractivity contribution < 1.29 is 4.39 Å². The normalized spacial score (nSPS) is 10.2. The summed E-state index contributed by atoms with van der Waals surface area (Å²) in [6.07, 6.45) is 0. The fourth-order valence-electron chi connectivity index (χ4n) is 1.59. The SMILES string of the molecule is Cc1cc(N=C=S)nn1Cc1c(F)cccc1Cl. The maximum Gasteiger partial charge on any atom is 0.184 e. The molecule has 6 heteroatoms. The molecule has 0 bridgehead atoms. The predicted molar refractivity (Wildman–Crippen MR) is 72.2 cm³/mol. The Morgan fingerprint density at radius 2 is 2.33 bits per heavy atom. The first-order chi connectivity index (χ1) is 8.61. The molecule has 92 valence electrons. The number of aryl methyl sites for hydroxylation is 1. The van der Waals surface area contributed by atoms with Gasteiger partial charge in [0.05, 0.1) is 11.7 Å². The van der Waals surface area contributed by atoms with Crippen molar-refractivity contribution in [2.75, 3.05) is 0 Å². The van der Waals surface area contributed by atoms with Gasteiger partial charge in [-0.15, -0.1) is 0 Å². The number of halogens is 2. The van der Waals surface area contributed by atoms with Gasteiger partial charge >= 0.3 is 0 Å². The summed E-state index contributed by atoms with van der Waals surface area (Å²) in [6, 6.07) is 6.33. The van der Waals surface area contributed by atoms with E-state index in [0.717, 1.165) is 5.69 Å². The first kappa shape index (κ1) is 12.9. The van der Waals surface area contributed by atoms with Crippen LogP contribution in [0.5, 0.6) is 0 Å². The van der Waals surface area contributed by atoms with E-state index in [0.29, 0.717) is 16.4 Å². The lowest BCUT2D eigenvalue weighted by Crippen LogP contribution is -2.06. The van der Waals surface area contributed by atoms with E-state index in [-0.39, 0.29) is 12.4 Å². The van der Waals surface area contributed by atoms with Crippen LogP contribution in [0, 0.1) is 12.7 Å². The van der Waals surface area contributed by atoms with Gasteiger partial charge in [-0.2, -0.15) is 10.1 Å². The molecular weight excluding hydrogens is 273 g/mol. The Morgan fingerprint density at radius 1 is 1.56 bits per heavy atom. The molecule has 2 aromatic rings. The van der Waals surface area contributed by atoms with E-state index in [1.54, 1.807) is 22.9 Å². The predicted octanol–water partition coefficient (Wildman–Crippen LogP) is 3.77. The summed E-state index contributed by atoms with van der Waals surface area (Å²) in [5.41, 5.74) is 1.25. The molecule has 0 N–H and O–H groups in total. The second-order valence-electron chi connectivity index (χ2n) is 3.70. The lowest BCUT2D eigenvalue weighted by atomic mass is 10.2. The minimum absolute atomic E-state index is 0.254. The molecule has 0 aliphatic carbocycles. The molecule has 0 unspecified atom stereocenters. The Kier molecular flexibility index (Phi) is 3.87. The lowest BCUT2D eigenvalue weighted by molar-refractivity contribution is 0.581. The molecule has 0 aliphatic rings. The van der Waals surface area contributed by atoms with Crippen LogP contribution >= 0.6 is 23.8 Å². The number of nitrogens with zero attached hydrogens (tertiary/aromatic N) is 3. The van der Waals surface area contributed by atoms with Gasteiger partial charge in [-0.05, 0) is 31.3 Å². The van der Waals surface area contributed by atoms with Crippen LogP contribution in [0.15, 0.2) is 29.3 Å². The molecule has 0 spiro atoms. The number of hydrogen-bond acceptors (Lipinski definition) is 3. The van der Waals surface area contributed by atoms with Crippen molar-refractivity contribution in [2.45, 2.75) is 13.5 Å². The summed E-state index contributed by atoms with van der Waals surface area (Å²) in [5.74, 6) is 0.104. The molecule has 0 saturated heterocycles. The maximum absolute atomic E-state index is 13.6. The Balaban J connectivity index is 2.37. The molecule has 0 fully saturated rings. The summed E-state index contributed by atoms with van der Waals surface area (Å²) in [4.78, 5) is 3.78. The van der Waals surface area contributed by atoms with E-state index in [2.05, 4.69) is 27.5 Å². The molecule has 1 aromatic heterocycles. The zero-order valence-electron chi connectivity index (χ0n) is 9.52.